The van der Waals surface area contributed by atoms with Crippen LogP contribution in [0.15, 0.2) is 57.9 Å². The minimum atomic E-state index is -0.247. The van der Waals surface area contributed by atoms with Gasteiger partial charge in [0.1, 0.15) is 5.82 Å². The van der Waals surface area contributed by atoms with Crippen LogP contribution in [0.4, 0.5) is 4.39 Å². The molecule has 0 aliphatic carbocycles. The van der Waals surface area contributed by atoms with Crippen molar-refractivity contribution in [2.45, 2.75) is 20.8 Å². The Labute approximate surface area is 150 Å². The maximum absolute atomic E-state index is 13.2. The van der Waals surface area contributed by atoms with E-state index in [-0.39, 0.29) is 5.82 Å². The fourth-order valence-corrected chi connectivity index (χ4v) is 3.39. The van der Waals surface area contributed by atoms with Gasteiger partial charge in [0.05, 0.1) is 11.9 Å². The fraction of sp³-hybridized carbons (Fsp3) is 0.200. The lowest BCUT2D eigenvalue weighted by molar-refractivity contribution is 0.628. The Morgan fingerprint density at radius 1 is 1.12 bits per heavy atom. The molecule has 5 heteroatoms. The third-order valence-corrected chi connectivity index (χ3v) is 4.72. The van der Waals surface area contributed by atoms with Gasteiger partial charge in [0.25, 0.3) is 0 Å². The zero-order chi connectivity index (χ0) is 17.8. The van der Waals surface area contributed by atoms with Gasteiger partial charge in [-0.25, -0.2) is 9.07 Å². The van der Waals surface area contributed by atoms with Gasteiger partial charge in [0.2, 0.25) is 4.80 Å². The van der Waals surface area contributed by atoms with Gasteiger partial charge in [-0.3, -0.25) is 4.99 Å². The zero-order valence-corrected chi connectivity index (χ0v) is 15.3. The van der Waals surface area contributed by atoms with Gasteiger partial charge in [-0.1, -0.05) is 23.8 Å². The lowest BCUT2D eigenvalue weighted by atomic mass is 10.1. The molecule has 2 aromatic carbocycles. The van der Waals surface area contributed by atoms with Crippen LogP contribution in [0, 0.1) is 19.7 Å². The Hall–Kier alpha value is -2.53. The lowest BCUT2D eigenvalue weighted by Gasteiger charge is -2.05. The number of rotatable bonds is 4. The number of nitrogens with zero attached hydrogens (tertiary/aromatic N) is 3. The quantitative estimate of drug-likeness (QED) is 0.605. The molecule has 0 atom stereocenters. The molecule has 0 bridgehead atoms. The molecule has 0 aliphatic heterocycles. The first-order valence-electron chi connectivity index (χ1n) is 8.17. The van der Waals surface area contributed by atoms with Crippen LogP contribution in [-0.2, 0) is 0 Å². The molecular weight excluding hydrogens is 333 g/mol. The first kappa shape index (κ1) is 17.3. The van der Waals surface area contributed by atoms with Crippen molar-refractivity contribution in [2.24, 2.45) is 10.1 Å². The van der Waals surface area contributed by atoms with Crippen LogP contribution in [0.1, 0.15) is 23.6 Å². The van der Waals surface area contributed by atoms with Crippen LogP contribution >= 0.6 is 11.3 Å². The summed E-state index contributed by atoms with van der Waals surface area (Å²) in [5.41, 5.74) is 5.25. The van der Waals surface area contributed by atoms with Gasteiger partial charge in [0.15, 0.2) is 0 Å². The highest BCUT2D eigenvalue weighted by Crippen LogP contribution is 2.20. The molecule has 1 heterocycles. The number of aryl methyl sites for hydroxylation is 2. The second-order valence-corrected chi connectivity index (χ2v) is 6.64. The number of aromatic nitrogens is 1. The van der Waals surface area contributed by atoms with E-state index in [2.05, 4.69) is 42.1 Å². The summed E-state index contributed by atoms with van der Waals surface area (Å²) in [7, 11) is 0. The first-order chi connectivity index (χ1) is 12.1. The molecule has 0 saturated carbocycles. The van der Waals surface area contributed by atoms with Gasteiger partial charge >= 0.3 is 0 Å². The predicted octanol–water partition coefficient (Wildman–Crippen LogP) is 4.78. The van der Waals surface area contributed by atoms with E-state index in [1.807, 2.05) is 23.2 Å². The summed E-state index contributed by atoms with van der Waals surface area (Å²) in [6.07, 6.45) is 1.86. The Morgan fingerprint density at radius 2 is 1.88 bits per heavy atom. The minimum absolute atomic E-state index is 0.247. The molecule has 1 aromatic heterocycles. The molecule has 0 unspecified atom stereocenters. The van der Waals surface area contributed by atoms with E-state index in [0.29, 0.717) is 6.54 Å². The topological polar surface area (TPSA) is 29.6 Å². The van der Waals surface area contributed by atoms with Crippen molar-refractivity contribution in [3.8, 4) is 11.3 Å². The van der Waals surface area contributed by atoms with Crippen LogP contribution in [0.3, 0.4) is 0 Å². The lowest BCUT2D eigenvalue weighted by Crippen LogP contribution is -2.12. The Balaban J connectivity index is 2.09. The summed E-state index contributed by atoms with van der Waals surface area (Å²) in [5, 5.41) is 6.67. The van der Waals surface area contributed by atoms with Crippen molar-refractivity contribution in [1.29, 1.82) is 0 Å². The smallest absolute Gasteiger partial charge is 0.206 e. The van der Waals surface area contributed by atoms with E-state index in [4.69, 9.17) is 0 Å². The van der Waals surface area contributed by atoms with Gasteiger partial charge in [0, 0.05) is 17.5 Å². The second-order valence-electron chi connectivity index (χ2n) is 5.80. The third-order valence-electron chi connectivity index (χ3n) is 3.87. The van der Waals surface area contributed by atoms with Crippen molar-refractivity contribution in [3.63, 3.8) is 0 Å². The first-order valence-corrected chi connectivity index (χ1v) is 9.05. The second kappa shape index (κ2) is 7.57. The van der Waals surface area contributed by atoms with Gasteiger partial charge in [-0.05, 0) is 56.2 Å². The minimum Gasteiger partial charge on any atom is -0.258 e. The van der Waals surface area contributed by atoms with Crippen LogP contribution in [-0.4, -0.2) is 17.4 Å². The fourth-order valence-electron chi connectivity index (χ4n) is 2.49. The van der Waals surface area contributed by atoms with E-state index in [1.54, 1.807) is 12.1 Å². The molecule has 25 heavy (non-hydrogen) atoms. The molecule has 0 fully saturated rings. The van der Waals surface area contributed by atoms with E-state index in [0.717, 1.165) is 21.6 Å². The van der Waals surface area contributed by atoms with E-state index in [9.17, 15) is 4.39 Å². The summed E-state index contributed by atoms with van der Waals surface area (Å²) in [5.74, 6) is -0.247. The van der Waals surface area contributed by atoms with Crippen molar-refractivity contribution >= 4 is 17.6 Å². The van der Waals surface area contributed by atoms with E-state index in [1.165, 1.54) is 34.6 Å². The zero-order valence-electron chi connectivity index (χ0n) is 14.5. The summed E-state index contributed by atoms with van der Waals surface area (Å²) in [4.78, 5) is 5.34. The highest BCUT2D eigenvalue weighted by Gasteiger charge is 2.07. The Morgan fingerprint density at radius 3 is 2.60 bits per heavy atom. The largest absolute Gasteiger partial charge is 0.258 e. The molecule has 0 N–H and O–H groups in total. The average molecular weight is 353 g/mol. The normalized spacial score (nSPS) is 12.2. The standard InChI is InChI=1S/C20H20FN3S/c1-4-22-20-24(23-12-17-11-14(2)5-6-15(17)3)19(13-25-20)16-7-9-18(21)10-8-16/h5-13H,4H2,1-3H3. The molecule has 0 radical (unpaired) electrons. The van der Waals surface area contributed by atoms with Crippen molar-refractivity contribution in [1.82, 2.24) is 4.68 Å². The summed E-state index contributed by atoms with van der Waals surface area (Å²) in [6.45, 7) is 6.81. The summed E-state index contributed by atoms with van der Waals surface area (Å²) < 4.78 is 15.1. The molecule has 0 spiro atoms. The number of hydrogen-bond acceptors (Lipinski definition) is 3. The molecule has 128 valence electrons. The summed E-state index contributed by atoms with van der Waals surface area (Å²) >= 11 is 1.53. The molecule has 3 nitrogen and oxygen atoms in total. The molecule has 0 amide bonds. The highest BCUT2D eigenvalue weighted by molar-refractivity contribution is 7.07. The van der Waals surface area contributed by atoms with E-state index >= 15 is 0 Å². The molecular formula is C20H20FN3S. The Bertz CT molecular complexity index is 965. The number of benzene rings is 2. The summed E-state index contributed by atoms with van der Waals surface area (Å²) in [6, 6.07) is 12.7. The van der Waals surface area contributed by atoms with Crippen molar-refractivity contribution in [3.05, 3.63) is 75.2 Å². The van der Waals surface area contributed by atoms with Crippen molar-refractivity contribution in [2.75, 3.05) is 6.54 Å². The van der Waals surface area contributed by atoms with Crippen molar-refractivity contribution < 1.29 is 4.39 Å². The number of thiazole rings is 1. The van der Waals surface area contributed by atoms with Crippen LogP contribution < -0.4 is 4.80 Å². The molecule has 0 saturated heterocycles. The highest BCUT2D eigenvalue weighted by atomic mass is 32.1. The van der Waals surface area contributed by atoms with Gasteiger partial charge < -0.3 is 0 Å². The number of hydrogen-bond donors (Lipinski definition) is 0. The third kappa shape index (κ3) is 3.94. The van der Waals surface area contributed by atoms with Gasteiger partial charge in [-0.2, -0.15) is 5.10 Å². The SMILES string of the molecule is CCN=c1scc(-c2ccc(F)cc2)n1N=Cc1cc(C)ccc1C. The van der Waals surface area contributed by atoms with Gasteiger partial charge in [-0.15, -0.1) is 11.3 Å². The monoisotopic (exact) mass is 353 g/mol. The Kier molecular flexibility index (Phi) is 5.24. The maximum Gasteiger partial charge on any atom is 0.206 e. The number of halogens is 1. The molecule has 3 aromatic rings. The van der Waals surface area contributed by atoms with Crippen LogP contribution in [0.5, 0.6) is 0 Å². The molecule has 0 aliphatic rings. The van der Waals surface area contributed by atoms with E-state index < -0.39 is 0 Å². The molecule has 3 rings (SSSR count). The predicted molar refractivity (Wildman–Crippen MR) is 103 cm³/mol. The maximum atomic E-state index is 13.2. The van der Waals surface area contributed by atoms with Crippen LogP contribution in [0.25, 0.3) is 11.3 Å². The van der Waals surface area contributed by atoms with Crippen LogP contribution in [0.2, 0.25) is 0 Å². The average Bonchev–Trinajstić information content (AvgIpc) is 2.99.